The summed E-state index contributed by atoms with van der Waals surface area (Å²) in [5.74, 6) is 2.41. The number of nitrogens with one attached hydrogen (secondary N) is 1. The van der Waals surface area contributed by atoms with Gasteiger partial charge in [-0.05, 0) is 60.5 Å². The Morgan fingerprint density at radius 3 is 2.61 bits per heavy atom. The number of rotatable bonds is 9. The van der Waals surface area contributed by atoms with Gasteiger partial charge in [-0.1, -0.05) is 42.1 Å². The van der Waals surface area contributed by atoms with Crippen LogP contribution < -0.4 is 14.8 Å². The Bertz CT molecular complexity index is 1250. The highest BCUT2D eigenvalue weighted by molar-refractivity contribution is 7.99. The Labute approximate surface area is 197 Å². The summed E-state index contributed by atoms with van der Waals surface area (Å²) in [5, 5.41) is 14.5. The molecule has 4 rings (SSSR count). The number of benzene rings is 3. The zero-order valence-corrected chi connectivity index (χ0v) is 19.7. The highest BCUT2D eigenvalue weighted by Crippen LogP contribution is 2.28. The number of anilines is 1. The van der Waals surface area contributed by atoms with Gasteiger partial charge in [0.05, 0.1) is 12.9 Å². The highest BCUT2D eigenvalue weighted by atomic mass is 32.2. The van der Waals surface area contributed by atoms with Crippen LogP contribution in [-0.2, 0) is 17.9 Å². The van der Waals surface area contributed by atoms with Gasteiger partial charge < -0.3 is 19.4 Å². The molecule has 0 aliphatic rings. The summed E-state index contributed by atoms with van der Waals surface area (Å²) in [6.45, 7) is 5.07. The molecule has 0 bridgehead atoms. The second-order valence-corrected chi connectivity index (χ2v) is 8.35. The molecule has 170 valence electrons. The van der Waals surface area contributed by atoms with Crippen LogP contribution in [0.3, 0.4) is 0 Å². The summed E-state index contributed by atoms with van der Waals surface area (Å²) in [4.78, 5) is 12.4. The van der Waals surface area contributed by atoms with E-state index in [4.69, 9.17) is 9.47 Å². The van der Waals surface area contributed by atoms with Crippen LogP contribution in [0.2, 0.25) is 0 Å². The van der Waals surface area contributed by atoms with Crippen molar-refractivity contribution in [3.8, 4) is 11.5 Å². The van der Waals surface area contributed by atoms with E-state index in [1.807, 2.05) is 29.7 Å². The van der Waals surface area contributed by atoms with Crippen molar-refractivity contribution in [2.24, 2.45) is 0 Å². The van der Waals surface area contributed by atoms with Crippen LogP contribution in [0.5, 0.6) is 11.5 Å². The van der Waals surface area contributed by atoms with Crippen LogP contribution in [0.1, 0.15) is 18.3 Å². The van der Waals surface area contributed by atoms with E-state index in [1.54, 1.807) is 31.4 Å². The molecule has 0 unspecified atom stereocenters. The van der Waals surface area contributed by atoms with Gasteiger partial charge in [0.1, 0.15) is 18.1 Å². The van der Waals surface area contributed by atoms with Crippen molar-refractivity contribution in [2.75, 3.05) is 18.2 Å². The number of aryl methyl sites for hydroxylation is 1. The molecule has 1 aromatic heterocycles. The first kappa shape index (κ1) is 22.7. The molecule has 8 heteroatoms. The van der Waals surface area contributed by atoms with Crippen molar-refractivity contribution < 1.29 is 14.3 Å². The molecule has 0 fully saturated rings. The highest BCUT2D eigenvalue weighted by Gasteiger charge is 2.15. The fourth-order valence-corrected chi connectivity index (χ4v) is 4.38. The molecule has 3 aromatic carbocycles. The normalized spacial score (nSPS) is 10.9. The molecule has 33 heavy (non-hydrogen) atoms. The number of aromatic nitrogens is 3. The lowest BCUT2D eigenvalue weighted by Gasteiger charge is -2.12. The zero-order chi connectivity index (χ0) is 23.2. The standard InChI is InChI=1S/C25H26N4O3S/c1-4-29-23(15-32-22-14-9-18-7-5-6-8-21(18)17(22)2)27-28-25(29)33-16-24(30)26-19-10-12-20(31-3)13-11-19/h5-14H,4,15-16H2,1-3H3,(H,26,30). The topological polar surface area (TPSA) is 78.3 Å². The molecule has 0 aliphatic heterocycles. The average Bonchev–Trinajstić information content (AvgIpc) is 3.24. The van der Waals surface area contributed by atoms with Gasteiger partial charge in [0.15, 0.2) is 11.0 Å². The van der Waals surface area contributed by atoms with Gasteiger partial charge in [-0.25, -0.2) is 0 Å². The van der Waals surface area contributed by atoms with E-state index >= 15 is 0 Å². The maximum absolute atomic E-state index is 12.4. The van der Waals surface area contributed by atoms with E-state index in [0.29, 0.717) is 18.3 Å². The van der Waals surface area contributed by atoms with Crippen LogP contribution in [0, 0.1) is 6.92 Å². The van der Waals surface area contributed by atoms with E-state index in [1.165, 1.54) is 22.5 Å². The summed E-state index contributed by atoms with van der Waals surface area (Å²) in [5.41, 5.74) is 1.82. The summed E-state index contributed by atoms with van der Waals surface area (Å²) in [7, 11) is 1.61. The van der Waals surface area contributed by atoms with Crippen LogP contribution in [0.15, 0.2) is 65.8 Å². The molecule has 0 aliphatic carbocycles. The van der Waals surface area contributed by atoms with Gasteiger partial charge >= 0.3 is 0 Å². The Morgan fingerprint density at radius 1 is 1.06 bits per heavy atom. The van der Waals surface area contributed by atoms with Crippen molar-refractivity contribution in [2.45, 2.75) is 32.2 Å². The molecule has 0 radical (unpaired) electrons. The van der Waals surface area contributed by atoms with Crippen molar-refractivity contribution in [3.05, 3.63) is 72.1 Å². The molecule has 0 atom stereocenters. The quantitative estimate of drug-likeness (QED) is 0.350. The van der Waals surface area contributed by atoms with Gasteiger partial charge in [-0.3, -0.25) is 4.79 Å². The van der Waals surface area contributed by atoms with Gasteiger partial charge in [0.2, 0.25) is 5.91 Å². The zero-order valence-electron chi connectivity index (χ0n) is 18.9. The summed E-state index contributed by atoms with van der Waals surface area (Å²) >= 11 is 1.35. The Kier molecular flexibility index (Phi) is 7.14. The van der Waals surface area contributed by atoms with E-state index in [9.17, 15) is 4.79 Å². The lowest BCUT2D eigenvalue weighted by molar-refractivity contribution is -0.113. The SMILES string of the molecule is CCn1c(COc2ccc3ccccc3c2C)nnc1SCC(=O)Nc1ccc(OC)cc1. The van der Waals surface area contributed by atoms with Crippen LogP contribution in [0.4, 0.5) is 5.69 Å². The predicted octanol–water partition coefficient (Wildman–Crippen LogP) is 5.08. The first-order valence-corrected chi connectivity index (χ1v) is 11.7. The maximum atomic E-state index is 12.4. The first-order chi connectivity index (χ1) is 16.1. The van der Waals surface area contributed by atoms with E-state index < -0.39 is 0 Å². The largest absolute Gasteiger partial charge is 0.497 e. The van der Waals surface area contributed by atoms with Gasteiger partial charge in [-0.2, -0.15) is 0 Å². The number of hydrogen-bond acceptors (Lipinski definition) is 6. The third-order valence-electron chi connectivity index (χ3n) is 5.32. The fraction of sp³-hybridized carbons (Fsp3) is 0.240. The van der Waals surface area contributed by atoms with Crippen LogP contribution in [-0.4, -0.2) is 33.5 Å². The number of thioether (sulfide) groups is 1. The average molecular weight is 463 g/mol. The minimum absolute atomic E-state index is 0.111. The smallest absolute Gasteiger partial charge is 0.234 e. The molecule has 0 saturated heterocycles. The Hall–Kier alpha value is -3.52. The van der Waals surface area contributed by atoms with Crippen molar-refractivity contribution in [1.82, 2.24) is 14.8 Å². The van der Waals surface area contributed by atoms with Gasteiger partial charge in [0, 0.05) is 12.2 Å². The number of carbonyl (C=O) groups excluding carboxylic acids is 1. The lowest BCUT2D eigenvalue weighted by atomic mass is 10.0. The lowest BCUT2D eigenvalue weighted by Crippen LogP contribution is -2.15. The monoisotopic (exact) mass is 462 g/mol. The molecule has 1 N–H and O–H groups in total. The molecular weight excluding hydrogens is 436 g/mol. The van der Waals surface area contributed by atoms with Crippen LogP contribution >= 0.6 is 11.8 Å². The number of hydrogen-bond donors (Lipinski definition) is 1. The van der Waals surface area contributed by atoms with E-state index in [-0.39, 0.29) is 11.7 Å². The van der Waals surface area contributed by atoms with Crippen molar-refractivity contribution in [3.63, 3.8) is 0 Å². The summed E-state index contributed by atoms with van der Waals surface area (Å²) in [6.07, 6.45) is 0. The number of fused-ring (bicyclic) bond motifs is 1. The minimum atomic E-state index is -0.111. The Balaban J connectivity index is 1.37. The molecule has 1 heterocycles. The molecular formula is C25H26N4O3S. The molecule has 1 amide bonds. The fourth-order valence-electron chi connectivity index (χ4n) is 3.56. The van der Waals surface area contributed by atoms with E-state index in [2.05, 4.69) is 40.6 Å². The predicted molar refractivity (Wildman–Crippen MR) is 131 cm³/mol. The van der Waals surface area contributed by atoms with Gasteiger partial charge in [-0.15, -0.1) is 10.2 Å². The summed E-state index contributed by atoms with van der Waals surface area (Å²) in [6, 6.07) is 19.5. The van der Waals surface area contributed by atoms with E-state index in [0.717, 1.165) is 28.6 Å². The molecule has 7 nitrogen and oxygen atoms in total. The molecule has 4 aromatic rings. The van der Waals surface area contributed by atoms with Crippen LogP contribution in [0.25, 0.3) is 10.8 Å². The first-order valence-electron chi connectivity index (χ1n) is 10.7. The van der Waals surface area contributed by atoms with Crippen molar-refractivity contribution in [1.29, 1.82) is 0 Å². The number of nitrogens with zero attached hydrogens (tertiary/aromatic N) is 3. The Morgan fingerprint density at radius 2 is 1.85 bits per heavy atom. The summed E-state index contributed by atoms with van der Waals surface area (Å²) < 4.78 is 13.2. The van der Waals surface area contributed by atoms with Gasteiger partial charge in [0.25, 0.3) is 0 Å². The third-order valence-corrected chi connectivity index (χ3v) is 6.29. The second kappa shape index (κ2) is 10.4. The number of methoxy groups -OCH3 is 1. The second-order valence-electron chi connectivity index (χ2n) is 7.41. The number of carbonyl (C=O) groups is 1. The minimum Gasteiger partial charge on any atom is -0.497 e. The third kappa shape index (κ3) is 5.28. The number of ether oxygens (including phenoxy) is 2. The molecule has 0 spiro atoms. The van der Waals surface area contributed by atoms with Crippen molar-refractivity contribution >= 4 is 34.1 Å². The molecule has 0 saturated carbocycles. The number of amides is 1. The maximum Gasteiger partial charge on any atom is 0.234 e.